The van der Waals surface area contributed by atoms with Gasteiger partial charge in [-0.25, -0.2) is 0 Å². The fraction of sp³-hybridized carbons (Fsp3) is 0.600. The van der Waals surface area contributed by atoms with Gasteiger partial charge in [0.2, 0.25) is 0 Å². The zero-order chi connectivity index (χ0) is 14.8. The number of aliphatic hydroxyl groups excluding tert-OH is 2. The highest BCUT2D eigenvalue weighted by molar-refractivity contribution is 6.30. The second-order valence-electron chi connectivity index (χ2n) is 4.99. The molecular weight excluding hydrogens is 278 g/mol. The molecule has 3 N–H and O–H groups in total. The van der Waals surface area contributed by atoms with Crippen LogP contribution in [0.5, 0.6) is 0 Å². The van der Waals surface area contributed by atoms with Crippen molar-refractivity contribution in [3.63, 3.8) is 0 Å². The zero-order valence-electron chi connectivity index (χ0n) is 11.9. The number of aliphatic hydroxyl groups is 2. The Morgan fingerprint density at radius 1 is 1.25 bits per heavy atom. The van der Waals surface area contributed by atoms with Gasteiger partial charge in [0, 0.05) is 11.6 Å². The highest BCUT2D eigenvalue weighted by Gasteiger charge is 2.04. The van der Waals surface area contributed by atoms with Crippen LogP contribution in [-0.2, 0) is 11.3 Å². The second-order valence-corrected chi connectivity index (χ2v) is 5.43. The molecular formula is C15H24ClNO3. The van der Waals surface area contributed by atoms with Crippen LogP contribution >= 0.6 is 11.6 Å². The molecule has 0 spiro atoms. The molecule has 2 atom stereocenters. The van der Waals surface area contributed by atoms with Crippen LogP contribution in [0.3, 0.4) is 0 Å². The Bertz CT molecular complexity index is 357. The Kier molecular flexibility index (Phi) is 8.82. The van der Waals surface area contributed by atoms with Crippen LogP contribution < -0.4 is 5.32 Å². The van der Waals surface area contributed by atoms with Crippen LogP contribution in [0.4, 0.5) is 0 Å². The maximum atomic E-state index is 9.72. The predicted molar refractivity (Wildman–Crippen MR) is 80.9 cm³/mol. The fourth-order valence-corrected chi connectivity index (χ4v) is 1.87. The highest BCUT2D eigenvalue weighted by Crippen LogP contribution is 2.10. The minimum Gasteiger partial charge on any atom is -0.393 e. The quantitative estimate of drug-likeness (QED) is 0.578. The Balaban J connectivity index is 2.02. The second kappa shape index (κ2) is 10.1. The summed E-state index contributed by atoms with van der Waals surface area (Å²) in [6.45, 7) is 3.83. The molecule has 1 aromatic carbocycles. The lowest BCUT2D eigenvalue weighted by molar-refractivity contribution is 0.0288. The van der Waals surface area contributed by atoms with Gasteiger partial charge < -0.3 is 20.3 Å². The van der Waals surface area contributed by atoms with Crippen LogP contribution in [0.2, 0.25) is 5.02 Å². The minimum absolute atomic E-state index is 0.260. The first-order chi connectivity index (χ1) is 9.58. The molecule has 0 saturated heterocycles. The molecule has 0 aliphatic rings. The molecule has 0 fully saturated rings. The van der Waals surface area contributed by atoms with Crippen molar-refractivity contribution in [1.29, 1.82) is 0 Å². The standard InChI is InChI=1S/C15H24ClNO3/c1-12(18)3-2-8-17-9-15(19)11-20-10-13-4-6-14(16)7-5-13/h4-7,12,15,17-19H,2-3,8-11H2,1H3. The van der Waals surface area contributed by atoms with Gasteiger partial charge in [0.25, 0.3) is 0 Å². The molecule has 0 radical (unpaired) electrons. The first kappa shape index (κ1) is 17.4. The predicted octanol–water partition coefficient (Wildman–Crippen LogP) is 1.97. The number of ether oxygens (including phenoxy) is 1. The molecule has 0 aromatic heterocycles. The first-order valence-electron chi connectivity index (χ1n) is 6.97. The van der Waals surface area contributed by atoms with Crippen molar-refractivity contribution in [2.75, 3.05) is 19.7 Å². The normalized spacial score (nSPS) is 14.2. The molecule has 0 aliphatic heterocycles. The molecule has 0 bridgehead atoms. The summed E-state index contributed by atoms with van der Waals surface area (Å²) >= 11 is 5.79. The van der Waals surface area contributed by atoms with E-state index in [0.717, 1.165) is 24.9 Å². The maximum Gasteiger partial charge on any atom is 0.0897 e. The Hall–Kier alpha value is -0.650. The minimum atomic E-state index is -0.520. The van der Waals surface area contributed by atoms with E-state index in [9.17, 15) is 5.11 Å². The Morgan fingerprint density at radius 3 is 2.60 bits per heavy atom. The van der Waals surface area contributed by atoms with Crippen molar-refractivity contribution in [1.82, 2.24) is 5.32 Å². The molecule has 4 nitrogen and oxygen atoms in total. The molecule has 1 aromatic rings. The Labute approximate surface area is 125 Å². The van der Waals surface area contributed by atoms with E-state index >= 15 is 0 Å². The maximum absolute atomic E-state index is 9.72. The van der Waals surface area contributed by atoms with E-state index in [0.29, 0.717) is 24.8 Å². The molecule has 0 heterocycles. The van der Waals surface area contributed by atoms with Crippen molar-refractivity contribution in [3.05, 3.63) is 34.9 Å². The summed E-state index contributed by atoms with van der Waals surface area (Å²) in [5.74, 6) is 0. The van der Waals surface area contributed by atoms with Gasteiger partial charge in [-0.3, -0.25) is 0 Å². The lowest BCUT2D eigenvalue weighted by Crippen LogP contribution is -2.31. The molecule has 114 valence electrons. The number of rotatable bonds is 10. The largest absolute Gasteiger partial charge is 0.393 e. The molecule has 20 heavy (non-hydrogen) atoms. The van der Waals surface area contributed by atoms with E-state index in [1.54, 1.807) is 6.92 Å². The van der Waals surface area contributed by atoms with E-state index in [-0.39, 0.29) is 6.10 Å². The van der Waals surface area contributed by atoms with Crippen LogP contribution in [0.15, 0.2) is 24.3 Å². The molecule has 0 amide bonds. The van der Waals surface area contributed by atoms with Crippen molar-refractivity contribution >= 4 is 11.6 Å². The van der Waals surface area contributed by atoms with E-state index < -0.39 is 6.10 Å². The number of halogens is 1. The van der Waals surface area contributed by atoms with Crippen LogP contribution in [-0.4, -0.2) is 42.1 Å². The Morgan fingerprint density at radius 2 is 1.95 bits per heavy atom. The summed E-state index contributed by atoms with van der Waals surface area (Å²) in [5.41, 5.74) is 1.03. The first-order valence-corrected chi connectivity index (χ1v) is 7.34. The van der Waals surface area contributed by atoms with Crippen LogP contribution in [0, 0.1) is 0 Å². The third-order valence-corrected chi connectivity index (χ3v) is 3.10. The number of hydrogen-bond acceptors (Lipinski definition) is 4. The smallest absolute Gasteiger partial charge is 0.0897 e. The number of nitrogens with one attached hydrogen (secondary N) is 1. The van der Waals surface area contributed by atoms with E-state index in [4.69, 9.17) is 21.4 Å². The van der Waals surface area contributed by atoms with E-state index in [1.165, 1.54) is 0 Å². The number of hydrogen-bond donors (Lipinski definition) is 3. The van der Waals surface area contributed by atoms with Crippen molar-refractivity contribution in [2.24, 2.45) is 0 Å². The van der Waals surface area contributed by atoms with Gasteiger partial charge in [0.15, 0.2) is 0 Å². The third-order valence-electron chi connectivity index (χ3n) is 2.85. The molecule has 5 heteroatoms. The summed E-state index contributed by atoms with van der Waals surface area (Å²) in [7, 11) is 0. The lowest BCUT2D eigenvalue weighted by Gasteiger charge is -2.12. The topological polar surface area (TPSA) is 61.7 Å². The van der Waals surface area contributed by atoms with Gasteiger partial charge in [-0.1, -0.05) is 23.7 Å². The van der Waals surface area contributed by atoms with Crippen molar-refractivity contribution in [2.45, 2.75) is 38.6 Å². The monoisotopic (exact) mass is 301 g/mol. The SMILES string of the molecule is CC(O)CCCNCC(O)COCc1ccc(Cl)cc1. The average Bonchev–Trinajstić information content (AvgIpc) is 2.40. The van der Waals surface area contributed by atoms with E-state index in [1.807, 2.05) is 24.3 Å². The van der Waals surface area contributed by atoms with Gasteiger partial charge >= 0.3 is 0 Å². The van der Waals surface area contributed by atoms with Crippen LogP contribution in [0.1, 0.15) is 25.3 Å². The summed E-state index contributed by atoms with van der Waals surface area (Å²) in [6, 6.07) is 7.45. The summed E-state index contributed by atoms with van der Waals surface area (Å²) in [6.07, 6.45) is 0.893. The molecule has 1 rings (SSSR count). The molecule has 2 unspecified atom stereocenters. The summed E-state index contributed by atoms with van der Waals surface area (Å²) in [4.78, 5) is 0. The van der Waals surface area contributed by atoms with Gasteiger partial charge in [-0.2, -0.15) is 0 Å². The van der Waals surface area contributed by atoms with Gasteiger partial charge in [-0.15, -0.1) is 0 Å². The van der Waals surface area contributed by atoms with Crippen molar-refractivity contribution in [3.8, 4) is 0 Å². The van der Waals surface area contributed by atoms with Gasteiger partial charge in [0.1, 0.15) is 0 Å². The van der Waals surface area contributed by atoms with Gasteiger partial charge in [-0.05, 0) is 44.0 Å². The summed E-state index contributed by atoms with van der Waals surface area (Å²) < 4.78 is 5.44. The van der Waals surface area contributed by atoms with Gasteiger partial charge in [0.05, 0.1) is 25.4 Å². The fourth-order valence-electron chi connectivity index (χ4n) is 1.74. The zero-order valence-corrected chi connectivity index (χ0v) is 12.6. The molecule has 0 saturated carbocycles. The van der Waals surface area contributed by atoms with E-state index in [2.05, 4.69) is 5.32 Å². The van der Waals surface area contributed by atoms with Crippen molar-refractivity contribution < 1.29 is 14.9 Å². The average molecular weight is 302 g/mol. The van der Waals surface area contributed by atoms with Crippen LogP contribution in [0.25, 0.3) is 0 Å². The number of benzene rings is 1. The third kappa shape index (κ3) is 8.51. The molecule has 0 aliphatic carbocycles. The summed E-state index contributed by atoms with van der Waals surface area (Å²) in [5, 5.41) is 22.7. The highest BCUT2D eigenvalue weighted by atomic mass is 35.5. The lowest BCUT2D eigenvalue weighted by atomic mass is 10.2.